The van der Waals surface area contributed by atoms with Crippen molar-refractivity contribution in [2.24, 2.45) is 4.99 Å². The van der Waals surface area contributed by atoms with Crippen molar-refractivity contribution in [2.45, 2.75) is 32.5 Å². The molecular formula is C24H28N7O6+. The second-order valence-electron chi connectivity index (χ2n) is 9.06. The number of rotatable bonds is 6. The zero-order valence-corrected chi connectivity index (χ0v) is 20.4. The fourth-order valence-electron chi connectivity index (χ4n) is 4.36. The molecule has 1 unspecified atom stereocenters. The summed E-state index contributed by atoms with van der Waals surface area (Å²) in [5.74, 6) is -1.17. The van der Waals surface area contributed by atoms with Crippen molar-refractivity contribution in [1.82, 2.24) is 25.6 Å². The van der Waals surface area contributed by atoms with E-state index in [1.54, 1.807) is 36.1 Å². The summed E-state index contributed by atoms with van der Waals surface area (Å²) in [5, 5.41) is 5.74. The Kier molecular flexibility index (Phi) is 6.74. The van der Waals surface area contributed by atoms with Crippen LogP contribution in [-0.4, -0.2) is 76.7 Å². The van der Waals surface area contributed by atoms with Crippen LogP contribution < -0.4 is 21.8 Å². The van der Waals surface area contributed by atoms with Crippen LogP contribution in [0.25, 0.3) is 11.1 Å². The van der Waals surface area contributed by atoms with E-state index < -0.39 is 17.7 Å². The van der Waals surface area contributed by atoms with E-state index in [2.05, 4.69) is 20.7 Å². The van der Waals surface area contributed by atoms with Gasteiger partial charge in [0.05, 0.1) is 18.7 Å². The minimum atomic E-state index is -0.757. The third-order valence-corrected chi connectivity index (χ3v) is 6.24. The van der Waals surface area contributed by atoms with Gasteiger partial charge in [-0.1, -0.05) is 0 Å². The minimum absolute atomic E-state index is 0.105. The number of carbonyl (C=O) groups is 3. The third kappa shape index (κ3) is 5.23. The standard InChI is InChI=1S/C24H27N7O6/c1-13-9-20-27-17(21(32)25-12-15-3-4-19-16(10-15)28-24(35)37-19)11-18(31(20)29-13)22(33)26-14(2)23(34)30-5-7-36-8-6-30/h3-4,9-11,13-14,29H,5-8,12H2,1-2H3,(H,25,32)(H,26,33)(H,28,35)/p+1/t13?,14-/m0/s1. The lowest BCUT2D eigenvalue weighted by Gasteiger charge is -2.30. The number of H-pyrrole nitrogens is 1. The van der Waals surface area contributed by atoms with Gasteiger partial charge < -0.3 is 19.4 Å². The first-order chi connectivity index (χ1) is 17.8. The molecule has 0 radical (unpaired) electrons. The number of aliphatic imine (C=N–C) groups is 1. The second kappa shape index (κ2) is 10.1. The van der Waals surface area contributed by atoms with E-state index in [1.165, 1.54) is 16.4 Å². The Bertz CT molecular complexity index is 1400. The molecule has 5 rings (SSSR count). The topological polar surface area (TPSA) is 166 Å². The monoisotopic (exact) mass is 510 g/mol. The van der Waals surface area contributed by atoms with Crippen molar-refractivity contribution in [3.8, 4) is 0 Å². The van der Waals surface area contributed by atoms with Gasteiger partial charge in [-0.2, -0.15) is 0 Å². The average molecular weight is 511 g/mol. The summed E-state index contributed by atoms with van der Waals surface area (Å²) in [6.07, 6.45) is 3.22. The average Bonchev–Trinajstić information content (AvgIpc) is 3.46. The predicted molar refractivity (Wildman–Crippen MR) is 131 cm³/mol. The Labute approximate surface area is 211 Å². The zero-order valence-electron chi connectivity index (χ0n) is 20.4. The highest BCUT2D eigenvalue weighted by molar-refractivity contribution is 6.41. The molecule has 1 fully saturated rings. The molecule has 1 aromatic heterocycles. The molecule has 5 N–H and O–H groups in total. The van der Waals surface area contributed by atoms with Crippen LogP contribution in [0.3, 0.4) is 0 Å². The molecule has 3 amide bonds. The van der Waals surface area contributed by atoms with Crippen LogP contribution in [0.2, 0.25) is 0 Å². The van der Waals surface area contributed by atoms with E-state index in [4.69, 9.17) is 9.15 Å². The van der Waals surface area contributed by atoms with Gasteiger partial charge in [0.1, 0.15) is 24.1 Å². The summed E-state index contributed by atoms with van der Waals surface area (Å²) in [7, 11) is 0. The smallest absolute Gasteiger partial charge is 0.408 e. The number of oxazole rings is 1. The van der Waals surface area contributed by atoms with Crippen molar-refractivity contribution in [3.05, 3.63) is 58.0 Å². The number of nitrogens with two attached hydrogens (primary N) is 1. The van der Waals surface area contributed by atoms with Gasteiger partial charge >= 0.3 is 11.7 Å². The maximum absolute atomic E-state index is 13.2. The molecule has 13 heteroatoms. The number of aromatic nitrogens is 1. The summed E-state index contributed by atoms with van der Waals surface area (Å²) in [5.41, 5.74) is 5.17. The molecule has 2 aromatic rings. The van der Waals surface area contributed by atoms with Gasteiger partial charge in [0, 0.05) is 30.8 Å². The first-order valence-electron chi connectivity index (χ1n) is 12.0. The van der Waals surface area contributed by atoms with Crippen LogP contribution in [0.1, 0.15) is 19.4 Å². The maximum atomic E-state index is 13.2. The van der Waals surface area contributed by atoms with Crippen LogP contribution in [0, 0.1) is 0 Å². The van der Waals surface area contributed by atoms with Crippen molar-refractivity contribution < 1.29 is 28.9 Å². The Hall–Kier alpha value is -4.07. The lowest BCUT2D eigenvalue weighted by Crippen LogP contribution is -2.88. The molecular weight excluding hydrogens is 482 g/mol. The van der Waals surface area contributed by atoms with E-state index in [0.29, 0.717) is 49.8 Å². The molecule has 1 saturated heterocycles. The Morgan fingerprint density at radius 3 is 2.84 bits per heavy atom. The summed E-state index contributed by atoms with van der Waals surface area (Å²) in [4.78, 5) is 59.1. The quantitative estimate of drug-likeness (QED) is 0.363. The van der Waals surface area contributed by atoms with Crippen LogP contribution in [0.5, 0.6) is 0 Å². The highest BCUT2D eigenvalue weighted by atomic mass is 16.5. The number of nitrogens with zero attached hydrogens (tertiary/aromatic N) is 3. The van der Waals surface area contributed by atoms with E-state index in [0.717, 1.165) is 5.56 Å². The molecule has 0 bridgehead atoms. The van der Waals surface area contributed by atoms with Gasteiger partial charge in [-0.3, -0.25) is 24.9 Å². The van der Waals surface area contributed by atoms with Crippen LogP contribution in [-0.2, 0) is 25.7 Å². The van der Waals surface area contributed by atoms with Gasteiger partial charge in [-0.15, -0.1) is 0 Å². The Morgan fingerprint density at radius 1 is 1.27 bits per heavy atom. The van der Waals surface area contributed by atoms with Gasteiger partial charge in [-0.25, -0.2) is 20.0 Å². The van der Waals surface area contributed by atoms with Gasteiger partial charge in [-0.05, 0) is 38.1 Å². The first kappa shape index (κ1) is 24.6. The van der Waals surface area contributed by atoms with E-state index in [9.17, 15) is 19.2 Å². The molecule has 1 aromatic carbocycles. The molecule has 194 valence electrons. The number of primary amides is 1. The number of amides is 3. The van der Waals surface area contributed by atoms with E-state index in [-0.39, 0.29) is 29.3 Å². The summed E-state index contributed by atoms with van der Waals surface area (Å²) in [6.45, 7) is 5.70. The highest BCUT2D eigenvalue weighted by Gasteiger charge is 2.34. The number of carbonyl (C=O) groups excluding carboxylic acids is 3. The molecule has 37 heavy (non-hydrogen) atoms. The number of quaternary nitrogens is 1. The van der Waals surface area contributed by atoms with E-state index in [1.807, 2.05) is 6.92 Å². The third-order valence-electron chi connectivity index (χ3n) is 6.24. The number of fused-ring (bicyclic) bond motifs is 2. The molecule has 13 nitrogen and oxygen atoms in total. The molecule has 2 atom stereocenters. The Morgan fingerprint density at radius 2 is 2.05 bits per heavy atom. The molecule has 0 aliphatic carbocycles. The van der Waals surface area contributed by atoms with Crippen LogP contribution >= 0.6 is 0 Å². The molecule has 0 saturated carbocycles. The van der Waals surface area contributed by atoms with Crippen LogP contribution in [0.4, 0.5) is 0 Å². The number of ether oxygens (including phenoxy) is 1. The van der Waals surface area contributed by atoms with Gasteiger partial charge in [0.2, 0.25) is 5.91 Å². The SMILES string of the molecule is CC1C=C2N=C(C(=O)[NH2+]Cc3ccc4oc(=O)[nH]c4c3)C=C(C(=O)N[C@@H](C)C(=O)N3CCOCC3)N2N1. The van der Waals surface area contributed by atoms with E-state index >= 15 is 0 Å². The number of benzene rings is 1. The number of morpholine rings is 1. The largest absolute Gasteiger partial charge is 0.417 e. The number of hydrogen-bond acceptors (Lipinski definition) is 9. The summed E-state index contributed by atoms with van der Waals surface area (Å²) < 4.78 is 10.3. The highest BCUT2D eigenvalue weighted by Crippen LogP contribution is 2.23. The fraction of sp³-hybridized carbons (Fsp3) is 0.375. The second-order valence-corrected chi connectivity index (χ2v) is 9.06. The number of nitrogens with one attached hydrogen (secondary N) is 3. The summed E-state index contributed by atoms with van der Waals surface area (Å²) in [6, 6.07) is 4.30. The van der Waals surface area contributed by atoms with Crippen molar-refractivity contribution >= 4 is 34.5 Å². The maximum Gasteiger partial charge on any atom is 0.417 e. The first-order valence-corrected chi connectivity index (χ1v) is 12.0. The minimum Gasteiger partial charge on any atom is -0.408 e. The molecule has 4 heterocycles. The van der Waals surface area contributed by atoms with Gasteiger partial charge in [0.25, 0.3) is 5.91 Å². The lowest BCUT2D eigenvalue weighted by molar-refractivity contribution is -0.578. The fourth-order valence-corrected chi connectivity index (χ4v) is 4.36. The number of aromatic amines is 1. The predicted octanol–water partition coefficient (Wildman–Crippen LogP) is -1.54. The van der Waals surface area contributed by atoms with Crippen LogP contribution in [0.15, 0.2) is 56.1 Å². The molecule has 3 aliphatic heterocycles. The summed E-state index contributed by atoms with van der Waals surface area (Å²) >= 11 is 0. The van der Waals surface area contributed by atoms with Crippen molar-refractivity contribution in [3.63, 3.8) is 0 Å². The van der Waals surface area contributed by atoms with Crippen molar-refractivity contribution in [2.75, 3.05) is 26.3 Å². The molecule has 0 spiro atoms. The Balaban J connectivity index is 1.29. The normalized spacial score (nSPS) is 20.2. The number of hydrogen-bond donors (Lipinski definition) is 4. The lowest BCUT2D eigenvalue weighted by atomic mass is 10.1. The number of hydrazine groups is 1. The van der Waals surface area contributed by atoms with Crippen molar-refractivity contribution in [1.29, 1.82) is 0 Å². The molecule has 3 aliphatic rings. The zero-order chi connectivity index (χ0) is 26.1. The van der Waals surface area contributed by atoms with Gasteiger partial charge in [0.15, 0.2) is 11.3 Å².